The molecule has 2 aliphatic heterocycles. The number of benzene rings is 1. The lowest BCUT2D eigenvalue weighted by atomic mass is 10.1. The fourth-order valence-corrected chi connectivity index (χ4v) is 4.88. The van der Waals surface area contributed by atoms with Crippen molar-refractivity contribution in [3.8, 4) is 0 Å². The summed E-state index contributed by atoms with van der Waals surface area (Å²) in [6.07, 6.45) is 2.40. The van der Waals surface area contributed by atoms with Crippen molar-refractivity contribution in [3.63, 3.8) is 0 Å². The molecule has 0 aliphatic carbocycles. The van der Waals surface area contributed by atoms with Gasteiger partial charge in [0.15, 0.2) is 0 Å². The van der Waals surface area contributed by atoms with Crippen LogP contribution in [0.2, 0.25) is 0 Å². The van der Waals surface area contributed by atoms with E-state index in [0.717, 1.165) is 6.26 Å². The van der Waals surface area contributed by atoms with Gasteiger partial charge in [-0.3, -0.25) is 19.7 Å². The van der Waals surface area contributed by atoms with Crippen LogP contribution in [-0.4, -0.2) is 85.9 Å². The molecule has 2 saturated heterocycles. The number of carbonyl (C=O) groups is 2. The summed E-state index contributed by atoms with van der Waals surface area (Å²) >= 11 is 0. The number of amides is 2. The molecule has 12 heteroatoms. The second-order valence-electron chi connectivity index (χ2n) is 7.89. The van der Waals surface area contributed by atoms with E-state index in [9.17, 15) is 28.1 Å². The molecule has 1 atom stereocenters. The maximum atomic E-state index is 12.7. The van der Waals surface area contributed by atoms with Crippen molar-refractivity contribution in [1.82, 2.24) is 14.5 Å². The Morgan fingerprint density at radius 3 is 2.42 bits per heavy atom. The van der Waals surface area contributed by atoms with Crippen LogP contribution in [0.25, 0.3) is 0 Å². The Morgan fingerprint density at radius 1 is 1.16 bits per heavy atom. The molecule has 0 spiro atoms. The molecule has 3 rings (SSSR count). The minimum Gasteiger partial charge on any atom is -0.362 e. The van der Waals surface area contributed by atoms with Gasteiger partial charge < -0.3 is 15.1 Å². The Bertz CT molecular complexity index is 974. The molecule has 2 fully saturated rings. The monoisotopic (exact) mass is 453 g/mol. The first kappa shape index (κ1) is 22.9. The predicted octanol–water partition coefficient (Wildman–Crippen LogP) is 0.417. The average molecular weight is 454 g/mol. The maximum absolute atomic E-state index is 12.7. The molecule has 0 saturated carbocycles. The summed E-state index contributed by atoms with van der Waals surface area (Å²) in [5, 5.41) is 14.5. The Hall–Kier alpha value is -2.73. The molecule has 2 aliphatic rings. The van der Waals surface area contributed by atoms with Gasteiger partial charge in [0.2, 0.25) is 15.9 Å². The minimum atomic E-state index is -3.34. The lowest BCUT2D eigenvalue weighted by Crippen LogP contribution is -2.49. The molecular weight excluding hydrogens is 426 g/mol. The number of hydrogen-bond acceptors (Lipinski definition) is 7. The van der Waals surface area contributed by atoms with Crippen molar-refractivity contribution >= 4 is 33.2 Å². The lowest BCUT2D eigenvalue weighted by molar-refractivity contribution is -0.384. The van der Waals surface area contributed by atoms with Crippen molar-refractivity contribution < 1.29 is 22.9 Å². The summed E-state index contributed by atoms with van der Waals surface area (Å²) in [4.78, 5) is 38.9. The van der Waals surface area contributed by atoms with Gasteiger partial charge in [-0.05, 0) is 25.0 Å². The number of hydrogen-bond donors (Lipinski definition) is 1. The molecule has 1 aromatic rings. The number of piperazine rings is 1. The van der Waals surface area contributed by atoms with E-state index in [4.69, 9.17) is 0 Å². The Balaban J connectivity index is 1.72. The van der Waals surface area contributed by atoms with Crippen molar-refractivity contribution in [1.29, 1.82) is 0 Å². The van der Waals surface area contributed by atoms with E-state index in [-0.39, 0.29) is 29.7 Å². The Labute approximate surface area is 181 Å². The molecule has 0 radical (unpaired) electrons. The molecule has 1 aromatic carbocycles. The smallest absolute Gasteiger partial charge is 0.293 e. The summed E-state index contributed by atoms with van der Waals surface area (Å²) in [6.45, 7) is 3.99. The van der Waals surface area contributed by atoms with Crippen LogP contribution in [0.15, 0.2) is 18.2 Å². The Kier molecular flexibility index (Phi) is 6.80. The quantitative estimate of drug-likeness (QED) is 0.504. The standard InChI is InChI=1S/C19H27N5O6S/c1-14(25)21-8-10-22(11-9-21)17-6-5-15(12-18(17)24(27)28)19(26)20-16-4-3-7-23(13-16)31(2,29)30/h5-6,12,16H,3-4,7-11,13H2,1-2H3,(H,20,26). The maximum Gasteiger partial charge on any atom is 0.293 e. The highest BCUT2D eigenvalue weighted by Crippen LogP contribution is 2.30. The molecule has 0 bridgehead atoms. The highest BCUT2D eigenvalue weighted by atomic mass is 32.2. The second-order valence-corrected chi connectivity index (χ2v) is 9.87. The van der Waals surface area contributed by atoms with E-state index in [1.165, 1.54) is 23.4 Å². The first-order valence-electron chi connectivity index (χ1n) is 10.1. The summed E-state index contributed by atoms with van der Waals surface area (Å²) in [5.41, 5.74) is 0.380. The topological polar surface area (TPSA) is 133 Å². The number of rotatable bonds is 5. The van der Waals surface area contributed by atoms with Gasteiger partial charge in [0.1, 0.15) is 5.69 Å². The molecule has 0 aromatic heterocycles. The minimum absolute atomic E-state index is 0.0293. The van der Waals surface area contributed by atoms with E-state index in [1.807, 2.05) is 4.90 Å². The number of nitro groups is 1. The highest BCUT2D eigenvalue weighted by molar-refractivity contribution is 7.88. The zero-order valence-corrected chi connectivity index (χ0v) is 18.4. The van der Waals surface area contributed by atoms with Gasteiger partial charge >= 0.3 is 0 Å². The van der Waals surface area contributed by atoms with Crippen LogP contribution in [0.1, 0.15) is 30.1 Å². The SMILES string of the molecule is CC(=O)N1CCN(c2ccc(C(=O)NC3CCCN(S(C)(=O)=O)C3)cc2[N+](=O)[O-])CC1. The van der Waals surface area contributed by atoms with Crippen LogP contribution < -0.4 is 10.2 Å². The normalized spacial score (nSPS) is 20.4. The fraction of sp³-hybridized carbons (Fsp3) is 0.579. The Morgan fingerprint density at radius 2 is 1.84 bits per heavy atom. The first-order valence-corrected chi connectivity index (χ1v) is 12.0. The first-order chi connectivity index (χ1) is 14.6. The fourth-order valence-electron chi connectivity index (χ4n) is 3.97. The van der Waals surface area contributed by atoms with E-state index < -0.39 is 20.9 Å². The van der Waals surface area contributed by atoms with Gasteiger partial charge in [0.25, 0.3) is 11.6 Å². The zero-order chi connectivity index (χ0) is 22.8. The van der Waals surface area contributed by atoms with Gasteiger partial charge in [-0.25, -0.2) is 12.7 Å². The van der Waals surface area contributed by atoms with Crippen LogP contribution >= 0.6 is 0 Å². The van der Waals surface area contributed by atoms with E-state index in [1.54, 1.807) is 11.0 Å². The van der Waals surface area contributed by atoms with Gasteiger partial charge in [-0.1, -0.05) is 0 Å². The number of nitro benzene ring substituents is 1. The molecule has 2 amide bonds. The van der Waals surface area contributed by atoms with Gasteiger partial charge in [-0.2, -0.15) is 0 Å². The molecule has 2 heterocycles. The average Bonchev–Trinajstić information content (AvgIpc) is 2.73. The molecule has 1 N–H and O–H groups in total. The lowest BCUT2D eigenvalue weighted by Gasteiger charge is -2.35. The summed E-state index contributed by atoms with van der Waals surface area (Å²) in [7, 11) is -3.34. The predicted molar refractivity (Wildman–Crippen MR) is 114 cm³/mol. The molecule has 11 nitrogen and oxygen atoms in total. The summed E-state index contributed by atoms with van der Waals surface area (Å²) in [6, 6.07) is 3.99. The summed E-state index contributed by atoms with van der Waals surface area (Å²) in [5.74, 6) is -0.505. The van der Waals surface area contributed by atoms with E-state index in [0.29, 0.717) is 51.3 Å². The molecule has 170 valence electrons. The third-order valence-corrected chi connectivity index (χ3v) is 6.96. The number of nitrogens with one attached hydrogen (secondary N) is 1. The number of carbonyl (C=O) groups excluding carboxylic acids is 2. The van der Waals surface area contributed by atoms with E-state index >= 15 is 0 Å². The van der Waals surface area contributed by atoms with Crippen molar-refractivity contribution in [2.75, 3.05) is 50.4 Å². The van der Waals surface area contributed by atoms with Gasteiger partial charge in [0, 0.05) is 63.9 Å². The van der Waals surface area contributed by atoms with Gasteiger partial charge in [-0.15, -0.1) is 0 Å². The number of sulfonamides is 1. The van der Waals surface area contributed by atoms with Crippen molar-refractivity contribution in [2.24, 2.45) is 0 Å². The second kappa shape index (κ2) is 9.18. The van der Waals surface area contributed by atoms with Crippen molar-refractivity contribution in [3.05, 3.63) is 33.9 Å². The molecular formula is C19H27N5O6S. The van der Waals surface area contributed by atoms with Crippen LogP contribution in [0.4, 0.5) is 11.4 Å². The highest BCUT2D eigenvalue weighted by Gasteiger charge is 2.29. The molecule has 1 unspecified atom stereocenters. The van der Waals surface area contributed by atoms with Crippen LogP contribution in [0, 0.1) is 10.1 Å². The summed E-state index contributed by atoms with van der Waals surface area (Å²) < 4.78 is 24.9. The largest absolute Gasteiger partial charge is 0.362 e. The van der Waals surface area contributed by atoms with E-state index in [2.05, 4.69) is 5.32 Å². The van der Waals surface area contributed by atoms with Crippen LogP contribution in [0.3, 0.4) is 0 Å². The van der Waals surface area contributed by atoms with Crippen molar-refractivity contribution in [2.45, 2.75) is 25.8 Å². The van der Waals surface area contributed by atoms with Crippen LogP contribution in [0.5, 0.6) is 0 Å². The molecule has 31 heavy (non-hydrogen) atoms. The zero-order valence-electron chi connectivity index (χ0n) is 17.6. The van der Waals surface area contributed by atoms with Gasteiger partial charge in [0.05, 0.1) is 11.2 Å². The number of nitrogens with zero attached hydrogens (tertiary/aromatic N) is 4. The third-order valence-electron chi connectivity index (χ3n) is 5.69. The third kappa shape index (κ3) is 5.50. The number of anilines is 1. The number of piperidine rings is 1. The van der Waals surface area contributed by atoms with Crippen LogP contribution in [-0.2, 0) is 14.8 Å².